The molecular formula is C15H19NO5. The lowest BCUT2D eigenvalue weighted by atomic mass is 9.95. The van der Waals surface area contributed by atoms with E-state index in [9.17, 15) is 9.59 Å². The molecule has 0 bridgehead atoms. The fourth-order valence-corrected chi connectivity index (χ4v) is 2.38. The second kappa shape index (κ2) is 6.24. The number of carboxylic acid groups (broad SMARTS) is 1. The molecule has 0 unspecified atom stereocenters. The maximum atomic E-state index is 12.3. The molecule has 1 amide bonds. The van der Waals surface area contributed by atoms with E-state index in [1.54, 1.807) is 31.1 Å². The Bertz CT molecular complexity index is 537. The van der Waals surface area contributed by atoms with E-state index >= 15 is 0 Å². The van der Waals surface area contributed by atoms with Crippen LogP contribution in [0.2, 0.25) is 0 Å². The third kappa shape index (κ3) is 3.80. The van der Waals surface area contributed by atoms with Crippen molar-refractivity contribution >= 4 is 11.9 Å². The van der Waals surface area contributed by atoms with Crippen LogP contribution in [0.15, 0.2) is 24.3 Å². The van der Waals surface area contributed by atoms with Crippen molar-refractivity contribution in [1.29, 1.82) is 0 Å². The molecule has 0 saturated carbocycles. The summed E-state index contributed by atoms with van der Waals surface area (Å²) in [6.45, 7) is 2.71. The molecule has 1 aliphatic rings. The zero-order valence-corrected chi connectivity index (χ0v) is 12.2. The predicted octanol–water partition coefficient (Wildman–Crippen LogP) is 1.15. The summed E-state index contributed by atoms with van der Waals surface area (Å²) in [6.07, 6.45) is 0. The quantitative estimate of drug-likeness (QED) is 0.851. The number of carbonyl (C=O) groups is 2. The molecule has 1 heterocycles. The van der Waals surface area contributed by atoms with Gasteiger partial charge in [0.15, 0.2) is 0 Å². The molecule has 1 fully saturated rings. The van der Waals surface area contributed by atoms with Crippen LogP contribution in [0.5, 0.6) is 0 Å². The van der Waals surface area contributed by atoms with Crippen LogP contribution in [0.1, 0.15) is 22.8 Å². The second-order valence-electron chi connectivity index (χ2n) is 5.43. The van der Waals surface area contributed by atoms with Gasteiger partial charge in [0, 0.05) is 12.7 Å². The Morgan fingerprint density at radius 2 is 2.10 bits per heavy atom. The highest BCUT2D eigenvalue weighted by Crippen LogP contribution is 2.26. The van der Waals surface area contributed by atoms with Crippen molar-refractivity contribution in [3.63, 3.8) is 0 Å². The molecule has 2 rings (SSSR count). The molecule has 1 aromatic carbocycles. The molecule has 114 valence electrons. The van der Waals surface area contributed by atoms with Crippen molar-refractivity contribution in [1.82, 2.24) is 4.90 Å². The molecule has 1 N–H and O–H groups in total. The number of hydrogen-bond donors (Lipinski definition) is 1. The van der Waals surface area contributed by atoms with Crippen LogP contribution in [0.3, 0.4) is 0 Å². The first kappa shape index (κ1) is 15.5. The largest absolute Gasteiger partial charge is 0.480 e. The first-order chi connectivity index (χ1) is 9.93. The number of hydrogen-bond acceptors (Lipinski definition) is 4. The average molecular weight is 293 g/mol. The molecule has 1 aliphatic heterocycles. The summed E-state index contributed by atoms with van der Waals surface area (Å²) < 4.78 is 10.3. The van der Waals surface area contributed by atoms with E-state index in [0.29, 0.717) is 25.3 Å². The highest BCUT2D eigenvalue weighted by molar-refractivity contribution is 5.95. The summed E-state index contributed by atoms with van der Waals surface area (Å²) in [6, 6.07) is 7.28. The first-order valence-corrected chi connectivity index (χ1v) is 6.66. The van der Waals surface area contributed by atoms with Gasteiger partial charge in [-0.1, -0.05) is 12.1 Å². The number of aliphatic carboxylic acids is 1. The Kier molecular flexibility index (Phi) is 4.59. The van der Waals surface area contributed by atoms with Crippen molar-refractivity contribution in [3.8, 4) is 0 Å². The summed E-state index contributed by atoms with van der Waals surface area (Å²) in [5.41, 5.74) is 0.969. The van der Waals surface area contributed by atoms with Crippen LogP contribution < -0.4 is 0 Å². The Morgan fingerprint density at radius 3 is 2.71 bits per heavy atom. The summed E-state index contributed by atoms with van der Waals surface area (Å²) in [7, 11) is 1.61. The Morgan fingerprint density at radius 1 is 1.38 bits per heavy atom. The molecule has 0 atom stereocenters. The Hall–Kier alpha value is -1.92. The van der Waals surface area contributed by atoms with Gasteiger partial charge in [-0.2, -0.15) is 0 Å². The maximum Gasteiger partial charge on any atom is 0.329 e. The lowest BCUT2D eigenvalue weighted by molar-refractivity contribution is -0.159. The normalized spacial score (nSPS) is 16.4. The van der Waals surface area contributed by atoms with Gasteiger partial charge in [0.05, 0.1) is 19.7 Å². The number of ether oxygens (including phenoxy) is 2. The maximum absolute atomic E-state index is 12.3. The Labute approximate surface area is 123 Å². The van der Waals surface area contributed by atoms with Gasteiger partial charge in [0.25, 0.3) is 5.91 Å². The van der Waals surface area contributed by atoms with Gasteiger partial charge < -0.3 is 19.5 Å². The van der Waals surface area contributed by atoms with Crippen LogP contribution in [0, 0.1) is 0 Å². The van der Waals surface area contributed by atoms with Crippen LogP contribution in [-0.2, 0) is 20.9 Å². The molecular weight excluding hydrogens is 274 g/mol. The smallest absolute Gasteiger partial charge is 0.329 e. The van der Waals surface area contributed by atoms with Gasteiger partial charge in [-0.05, 0) is 24.6 Å². The summed E-state index contributed by atoms with van der Waals surface area (Å²) in [5.74, 6) is -1.09. The fraction of sp³-hybridized carbons (Fsp3) is 0.467. The molecule has 0 spiro atoms. The lowest BCUT2D eigenvalue weighted by Gasteiger charge is -2.47. The molecule has 1 saturated heterocycles. The topological polar surface area (TPSA) is 76.1 Å². The van der Waals surface area contributed by atoms with E-state index in [1.165, 1.54) is 0 Å². The third-order valence-corrected chi connectivity index (χ3v) is 3.37. The summed E-state index contributed by atoms with van der Waals surface area (Å²) in [5, 5.41) is 8.61. The van der Waals surface area contributed by atoms with Crippen molar-refractivity contribution in [2.75, 3.05) is 26.8 Å². The van der Waals surface area contributed by atoms with E-state index in [-0.39, 0.29) is 12.5 Å². The first-order valence-electron chi connectivity index (χ1n) is 6.66. The standard InChI is InChI=1S/C15H19NO5/c1-15(21-8-13(17)18)9-16(10-15)14(19)12-5-3-4-11(6-12)7-20-2/h3-6H,7-10H2,1-2H3,(H,17,18). The van der Waals surface area contributed by atoms with Gasteiger partial charge in [-0.3, -0.25) is 4.79 Å². The van der Waals surface area contributed by atoms with Gasteiger partial charge in [-0.25, -0.2) is 4.79 Å². The molecule has 0 radical (unpaired) electrons. The average Bonchev–Trinajstić information content (AvgIpc) is 2.42. The zero-order chi connectivity index (χ0) is 15.5. The van der Waals surface area contributed by atoms with Crippen molar-refractivity contribution in [3.05, 3.63) is 35.4 Å². The van der Waals surface area contributed by atoms with Crippen molar-refractivity contribution < 1.29 is 24.2 Å². The minimum atomic E-state index is -1.01. The summed E-state index contributed by atoms with van der Waals surface area (Å²) in [4.78, 5) is 24.5. The number of nitrogens with zero attached hydrogens (tertiary/aromatic N) is 1. The van der Waals surface area contributed by atoms with E-state index in [0.717, 1.165) is 5.56 Å². The number of likely N-dealkylation sites (tertiary alicyclic amines) is 1. The van der Waals surface area contributed by atoms with Crippen molar-refractivity contribution in [2.24, 2.45) is 0 Å². The minimum Gasteiger partial charge on any atom is -0.480 e. The number of carbonyl (C=O) groups excluding carboxylic acids is 1. The lowest BCUT2D eigenvalue weighted by Crippen LogP contribution is -2.63. The number of carboxylic acids is 1. The van der Waals surface area contributed by atoms with Gasteiger partial charge in [0.2, 0.25) is 0 Å². The van der Waals surface area contributed by atoms with Gasteiger partial charge in [0.1, 0.15) is 12.2 Å². The fourth-order valence-electron chi connectivity index (χ4n) is 2.38. The number of rotatable bonds is 6. The summed E-state index contributed by atoms with van der Waals surface area (Å²) >= 11 is 0. The van der Waals surface area contributed by atoms with Crippen LogP contribution in [-0.4, -0.2) is 54.3 Å². The molecule has 6 heteroatoms. The number of methoxy groups -OCH3 is 1. The van der Waals surface area contributed by atoms with E-state index in [4.69, 9.17) is 14.6 Å². The van der Waals surface area contributed by atoms with E-state index < -0.39 is 11.6 Å². The van der Waals surface area contributed by atoms with Crippen LogP contribution in [0.4, 0.5) is 0 Å². The Balaban J connectivity index is 1.94. The van der Waals surface area contributed by atoms with Gasteiger partial charge >= 0.3 is 5.97 Å². The SMILES string of the molecule is COCc1cccc(C(=O)N2CC(C)(OCC(=O)O)C2)c1. The minimum absolute atomic E-state index is 0.0793. The molecule has 6 nitrogen and oxygen atoms in total. The number of benzene rings is 1. The number of amides is 1. The van der Waals surface area contributed by atoms with E-state index in [1.807, 2.05) is 12.1 Å². The van der Waals surface area contributed by atoms with Crippen LogP contribution in [0.25, 0.3) is 0 Å². The molecule has 21 heavy (non-hydrogen) atoms. The molecule has 0 aliphatic carbocycles. The predicted molar refractivity (Wildman–Crippen MR) is 75.1 cm³/mol. The monoisotopic (exact) mass is 293 g/mol. The van der Waals surface area contributed by atoms with Gasteiger partial charge in [-0.15, -0.1) is 0 Å². The molecule has 0 aromatic heterocycles. The highest BCUT2D eigenvalue weighted by Gasteiger charge is 2.42. The van der Waals surface area contributed by atoms with E-state index in [2.05, 4.69) is 0 Å². The second-order valence-corrected chi connectivity index (χ2v) is 5.43. The zero-order valence-electron chi connectivity index (χ0n) is 12.2. The highest BCUT2D eigenvalue weighted by atomic mass is 16.5. The van der Waals surface area contributed by atoms with Crippen molar-refractivity contribution in [2.45, 2.75) is 19.1 Å². The van der Waals surface area contributed by atoms with Crippen LogP contribution >= 0.6 is 0 Å². The third-order valence-electron chi connectivity index (χ3n) is 3.37. The molecule has 1 aromatic rings.